The fraction of sp³-hybridized carbons (Fsp3) is 0.375. The minimum Gasteiger partial charge on any atom is -0.506 e. The highest BCUT2D eigenvalue weighted by Crippen LogP contribution is 2.32. The van der Waals surface area contributed by atoms with Crippen LogP contribution in [0.1, 0.15) is 32.6 Å². The Hall–Kier alpha value is -2.08. The third-order valence-corrected chi connectivity index (χ3v) is 4.56. The zero-order valence-electron chi connectivity index (χ0n) is 12.4. The van der Waals surface area contributed by atoms with Crippen molar-refractivity contribution in [1.29, 1.82) is 0 Å². The highest BCUT2D eigenvalue weighted by Gasteiger charge is 2.16. The molecule has 3 N–H and O–H groups in total. The van der Waals surface area contributed by atoms with E-state index in [1.807, 2.05) is 5.38 Å². The van der Waals surface area contributed by atoms with Gasteiger partial charge in [0.1, 0.15) is 5.75 Å². The molecule has 6 heteroatoms. The standard InChI is InChI=1S/C16H19N3O2S/c1-10(20)17-13-8-11(6-7-15(13)21)14-9-22-16(19-14)18-12-4-2-3-5-12/h6-9,12,21H,2-5H2,1H3,(H,17,20)(H,18,19). The van der Waals surface area contributed by atoms with Crippen molar-refractivity contribution in [1.82, 2.24) is 4.98 Å². The van der Waals surface area contributed by atoms with Gasteiger partial charge < -0.3 is 15.7 Å². The van der Waals surface area contributed by atoms with Crippen LogP contribution in [-0.2, 0) is 4.79 Å². The molecule has 0 unspecified atom stereocenters. The summed E-state index contributed by atoms with van der Waals surface area (Å²) in [5.74, 6) is -0.159. The minimum atomic E-state index is -0.214. The second-order valence-corrected chi connectivity index (χ2v) is 6.43. The number of hydrogen-bond donors (Lipinski definition) is 3. The summed E-state index contributed by atoms with van der Waals surface area (Å²) in [5.41, 5.74) is 2.12. The first-order valence-electron chi connectivity index (χ1n) is 7.45. The molecule has 0 aliphatic heterocycles. The number of nitrogens with one attached hydrogen (secondary N) is 2. The van der Waals surface area contributed by atoms with E-state index in [2.05, 4.69) is 15.6 Å². The molecule has 3 rings (SSSR count). The molecule has 2 aromatic rings. The number of carbonyl (C=O) groups is 1. The summed E-state index contributed by atoms with van der Waals surface area (Å²) < 4.78 is 0. The molecular weight excluding hydrogens is 298 g/mol. The predicted molar refractivity (Wildman–Crippen MR) is 89.4 cm³/mol. The molecule has 22 heavy (non-hydrogen) atoms. The number of nitrogens with zero attached hydrogens (tertiary/aromatic N) is 1. The van der Waals surface area contributed by atoms with Gasteiger partial charge in [-0.3, -0.25) is 4.79 Å². The van der Waals surface area contributed by atoms with Crippen LogP contribution in [0.4, 0.5) is 10.8 Å². The van der Waals surface area contributed by atoms with Crippen LogP contribution in [0.25, 0.3) is 11.3 Å². The third-order valence-electron chi connectivity index (χ3n) is 3.79. The van der Waals surface area contributed by atoms with E-state index in [4.69, 9.17) is 0 Å². The fourth-order valence-corrected chi connectivity index (χ4v) is 3.50. The number of amides is 1. The normalized spacial score (nSPS) is 15.0. The molecule has 116 valence electrons. The molecule has 1 aromatic heterocycles. The molecule has 1 aliphatic rings. The van der Waals surface area contributed by atoms with E-state index in [1.54, 1.807) is 29.5 Å². The summed E-state index contributed by atoms with van der Waals surface area (Å²) in [6.07, 6.45) is 4.99. The lowest BCUT2D eigenvalue weighted by atomic mass is 10.1. The zero-order chi connectivity index (χ0) is 15.5. The van der Waals surface area contributed by atoms with E-state index in [-0.39, 0.29) is 11.7 Å². The van der Waals surface area contributed by atoms with E-state index in [0.717, 1.165) is 16.4 Å². The molecule has 0 saturated heterocycles. The zero-order valence-corrected chi connectivity index (χ0v) is 13.2. The molecule has 1 fully saturated rings. The topological polar surface area (TPSA) is 74.2 Å². The van der Waals surface area contributed by atoms with Gasteiger partial charge in [0.2, 0.25) is 5.91 Å². The molecule has 1 heterocycles. The summed E-state index contributed by atoms with van der Waals surface area (Å²) in [5, 5.41) is 18.8. The summed E-state index contributed by atoms with van der Waals surface area (Å²) in [7, 11) is 0. The maximum absolute atomic E-state index is 11.2. The average molecular weight is 317 g/mol. The number of rotatable bonds is 4. The van der Waals surface area contributed by atoms with Crippen LogP contribution in [0.15, 0.2) is 23.6 Å². The maximum atomic E-state index is 11.2. The van der Waals surface area contributed by atoms with Gasteiger partial charge in [-0.2, -0.15) is 0 Å². The molecule has 0 bridgehead atoms. The molecule has 1 aliphatic carbocycles. The largest absolute Gasteiger partial charge is 0.506 e. The number of phenolic OH excluding ortho intramolecular Hbond substituents is 1. The number of benzene rings is 1. The molecule has 1 saturated carbocycles. The Labute approximate surface area is 133 Å². The average Bonchev–Trinajstić information content (AvgIpc) is 3.13. The third kappa shape index (κ3) is 3.39. The van der Waals surface area contributed by atoms with Gasteiger partial charge in [0, 0.05) is 23.9 Å². The van der Waals surface area contributed by atoms with Crippen LogP contribution in [-0.4, -0.2) is 22.0 Å². The molecule has 5 nitrogen and oxygen atoms in total. The summed E-state index contributed by atoms with van der Waals surface area (Å²) in [6.45, 7) is 1.42. The van der Waals surface area contributed by atoms with Gasteiger partial charge in [0.15, 0.2) is 5.13 Å². The lowest BCUT2D eigenvalue weighted by molar-refractivity contribution is -0.114. The van der Waals surface area contributed by atoms with Crippen LogP contribution < -0.4 is 10.6 Å². The van der Waals surface area contributed by atoms with E-state index in [9.17, 15) is 9.90 Å². The van der Waals surface area contributed by atoms with Gasteiger partial charge in [0.25, 0.3) is 0 Å². The van der Waals surface area contributed by atoms with Crippen molar-refractivity contribution < 1.29 is 9.90 Å². The van der Waals surface area contributed by atoms with Crippen molar-refractivity contribution in [2.75, 3.05) is 10.6 Å². The molecule has 0 spiro atoms. The lowest BCUT2D eigenvalue weighted by Crippen LogP contribution is -2.14. The smallest absolute Gasteiger partial charge is 0.221 e. The van der Waals surface area contributed by atoms with Crippen LogP contribution in [0.5, 0.6) is 5.75 Å². The predicted octanol–water partition coefficient (Wildman–Crippen LogP) is 3.83. The number of anilines is 2. The second-order valence-electron chi connectivity index (χ2n) is 5.58. The van der Waals surface area contributed by atoms with Gasteiger partial charge in [-0.15, -0.1) is 11.3 Å². The van der Waals surface area contributed by atoms with E-state index < -0.39 is 0 Å². The van der Waals surface area contributed by atoms with Crippen molar-refractivity contribution in [3.63, 3.8) is 0 Å². The Morgan fingerprint density at radius 1 is 1.36 bits per heavy atom. The van der Waals surface area contributed by atoms with Crippen molar-refractivity contribution in [3.8, 4) is 17.0 Å². The Kier molecular flexibility index (Phi) is 4.29. The van der Waals surface area contributed by atoms with Gasteiger partial charge in [-0.05, 0) is 31.0 Å². The highest BCUT2D eigenvalue weighted by molar-refractivity contribution is 7.14. The molecular formula is C16H19N3O2S. The van der Waals surface area contributed by atoms with Crippen LogP contribution in [0.3, 0.4) is 0 Å². The lowest BCUT2D eigenvalue weighted by Gasteiger charge is -2.09. The Morgan fingerprint density at radius 3 is 2.86 bits per heavy atom. The summed E-state index contributed by atoms with van der Waals surface area (Å²) in [4.78, 5) is 15.8. The number of thiazole rings is 1. The van der Waals surface area contributed by atoms with Crippen molar-refractivity contribution in [2.24, 2.45) is 0 Å². The Bertz CT molecular complexity index is 678. The molecule has 0 radical (unpaired) electrons. The first-order chi connectivity index (χ1) is 10.6. The van der Waals surface area contributed by atoms with Gasteiger partial charge in [0.05, 0.1) is 11.4 Å². The Balaban J connectivity index is 1.78. The van der Waals surface area contributed by atoms with Crippen LogP contribution >= 0.6 is 11.3 Å². The number of hydrogen-bond acceptors (Lipinski definition) is 5. The first-order valence-corrected chi connectivity index (χ1v) is 8.33. The van der Waals surface area contributed by atoms with Crippen LogP contribution in [0.2, 0.25) is 0 Å². The van der Waals surface area contributed by atoms with Crippen LogP contribution in [0, 0.1) is 0 Å². The van der Waals surface area contributed by atoms with Crippen molar-refractivity contribution in [2.45, 2.75) is 38.6 Å². The van der Waals surface area contributed by atoms with Crippen molar-refractivity contribution >= 4 is 28.1 Å². The quantitative estimate of drug-likeness (QED) is 0.749. The number of aromatic nitrogens is 1. The Morgan fingerprint density at radius 2 is 2.14 bits per heavy atom. The van der Waals surface area contributed by atoms with Gasteiger partial charge >= 0.3 is 0 Å². The monoisotopic (exact) mass is 317 g/mol. The fourth-order valence-electron chi connectivity index (χ4n) is 2.70. The van der Waals surface area contributed by atoms with E-state index in [1.165, 1.54) is 32.6 Å². The van der Waals surface area contributed by atoms with Crippen molar-refractivity contribution in [3.05, 3.63) is 23.6 Å². The summed E-state index contributed by atoms with van der Waals surface area (Å²) in [6, 6.07) is 5.65. The first kappa shape index (κ1) is 14.8. The number of carbonyl (C=O) groups excluding carboxylic acids is 1. The summed E-state index contributed by atoms with van der Waals surface area (Å²) >= 11 is 1.58. The van der Waals surface area contributed by atoms with E-state index >= 15 is 0 Å². The molecule has 1 aromatic carbocycles. The van der Waals surface area contributed by atoms with Gasteiger partial charge in [-0.25, -0.2) is 4.98 Å². The molecule has 0 atom stereocenters. The number of phenols is 1. The number of aromatic hydroxyl groups is 1. The molecule has 1 amide bonds. The SMILES string of the molecule is CC(=O)Nc1cc(-c2csc(NC3CCCC3)n2)ccc1O. The van der Waals surface area contributed by atoms with Gasteiger partial charge in [-0.1, -0.05) is 12.8 Å². The highest BCUT2D eigenvalue weighted by atomic mass is 32.1. The van der Waals surface area contributed by atoms with E-state index in [0.29, 0.717) is 11.7 Å². The second kappa shape index (κ2) is 6.36. The minimum absolute atomic E-state index is 0.0542. The maximum Gasteiger partial charge on any atom is 0.221 e.